The van der Waals surface area contributed by atoms with Crippen LogP contribution in [-0.4, -0.2) is 28.3 Å². The second-order valence-corrected chi connectivity index (χ2v) is 4.94. The lowest BCUT2D eigenvalue weighted by Gasteiger charge is -2.15. The minimum Gasteiger partial charge on any atom is -0.356 e. The predicted molar refractivity (Wildman–Crippen MR) is 72.1 cm³/mol. The molecule has 5 heteroatoms. The van der Waals surface area contributed by atoms with E-state index < -0.39 is 0 Å². The van der Waals surface area contributed by atoms with Crippen LogP contribution in [0.5, 0.6) is 0 Å². The Bertz CT molecular complexity index is 398. The Labute approximate surface area is 109 Å². The number of hydrogen-bond donors (Lipinski definition) is 2. The van der Waals surface area contributed by atoms with Gasteiger partial charge in [0, 0.05) is 30.7 Å². The maximum Gasteiger partial charge on any atom is 0.224 e. The lowest BCUT2D eigenvalue weighted by atomic mass is 10.0. The average molecular weight is 252 g/mol. The molecule has 1 aromatic heterocycles. The van der Waals surface area contributed by atoms with Gasteiger partial charge in [-0.25, -0.2) is 0 Å². The summed E-state index contributed by atoms with van der Waals surface area (Å²) >= 11 is 0. The highest BCUT2D eigenvalue weighted by Gasteiger charge is 2.15. The number of hydrogen-bond acceptors (Lipinski definition) is 3. The fourth-order valence-electron chi connectivity index (χ4n) is 1.74. The van der Waals surface area contributed by atoms with E-state index in [4.69, 9.17) is 5.73 Å². The molecule has 0 aliphatic rings. The first kappa shape index (κ1) is 14.7. The highest BCUT2D eigenvalue weighted by atomic mass is 16.1. The molecule has 1 heterocycles. The molecular formula is C13H24N4O. The van der Waals surface area contributed by atoms with E-state index in [1.807, 2.05) is 32.4 Å². The molecule has 1 aromatic rings. The Morgan fingerprint density at radius 2 is 2.17 bits per heavy atom. The van der Waals surface area contributed by atoms with Gasteiger partial charge in [0.1, 0.15) is 0 Å². The van der Waals surface area contributed by atoms with E-state index in [-0.39, 0.29) is 17.9 Å². The van der Waals surface area contributed by atoms with Gasteiger partial charge in [-0.05, 0) is 33.3 Å². The van der Waals surface area contributed by atoms with Crippen LogP contribution in [0.2, 0.25) is 0 Å². The highest BCUT2D eigenvalue weighted by molar-refractivity contribution is 5.78. The summed E-state index contributed by atoms with van der Waals surface area (Å²) in [5.41, 5.74) is 7.86. The number of nitrogens with one attached hydrogen (secondary N) is 1. The van der Waals surface area contributed by atoms with Crippen molar-refractivity contribution in [2.45, 2.75) is 46.7 Å². The molecular weight excluding hydrogens is 228 g/mol. The summed E-state index contributed by atoms with van der Waals surface area (Å²) in [6.07, 6.45) is 0.874. The molecule has 3 N–H and O–H groups in total. The summed E-state index contributed by atoms with van der Waals surface area (Å²) in [4.78, 5) is 11.7. The maximum atomic E-state index is 11.7. The molecule has 2 atom stereocenters. The number of nitrogens with two attached hydrogens (primary N) is 1. The zero-order chi connectivity index (χ0) is 13.7. The van der Waals surface area contributed by atoms with Gasteiger partial charge in [-0.2, -0.15) is 5.10 Å². The van der Waals surface area contributed by atoms with Crippen molar-refractivity contribution in [3.05, 3.63) is 17.5 Å². The van der Waals surface area contributed by atoms with Gasteiger partial charge < -0.3 is 11.1 Å². The molecule has 0 saturated carbocycles. The van der Waals surface area contributed by atoms with Gasteiger partial charge in [0.25, 0.3) is 0 Å². The highest BCUT2D eigenvalue weighted by Crippen LogP contribution is 2.03. The second-order valence-electron chi connectivity index (χ2n) is 4.94. The summed E-state index contributed by atoms with van der Waals surface area (Å²) in [5, 5.41) is 7.27. The van der Waals surface area contributed by atoms with Crippen LogP contribution >= 0.6 is 0 Å². The molecule has 0 fully saturated rings. The van der Waals surface area contributed by atoms with E-state index in [9.17, 15) is 4.79 Å². The van der Waals surface area contributed by atoms with Crippen LogP contribution in [0.3, 0.4) is 0 Å². The third-order valence-electron chi connectivity index (χ3n) is 3.15. The Balaban J connectivity index is 2.27. The van der Waals surface area contributed by atoms with Gasteiger partial charge >= 0.3 is 0 Å². The predicted octanol–water partition coefficient (Wildman–Crippen LogP) is 0.990. The Hall–Kier alpha value is -1.36. The molecule has 0 aliphatic heterocycles. The first-order valence-electron chi connectivity index (χ1n) is 6.46. The summed E-state index contributed by atoms with van der Waals surface area (Å²) in [6.45, 7) is 9.20. The van der Waals surface area contributed by atoms with Gasteiger partial charge in [-0.1, -0.05) is 6.92 Å². The third-order valence-corrected chi connectivity index (χ3v) is 3.15. The molecule has 0 spiro atoms. The van der Waals surface area contributed by atoms with Crippen molar-refractivity contribution in [1.29, 1.82) is 0 Å². The molecule has 18 heavy (non-hydrogen) atoms. The number of carbonyl (C=O) groups excluding carboxylic acids is 1. The van der Waals surface area contributed by atoms with E-state index >= 15 is 0 Å². The van der Waals surface area contributed by atoms with Crippen LogP contribution in [0.1, 0.15) is 31.7 Å². The quantitative estimate of drug-likeness (QED) is 0.742. The minimum absolute atomic E-state index is 0.0263. The first-order chi connectivity index (χ1) is 8.41. The number of amides is 1. The Morgan fingerprint density at radius 1 is 1.50 bits per heavy atom. The van der Waals surface area contributed by atoms with Gasteiger partial charge in [-0.15, -0.1) is 0 Å². The fourth-order valence-corrected chi connectivity index (χ4v) is 1.74. The van der Waals surface area contributed by atoms with E-state index in [0.29, 0.717) is 6.54 Å². The summed E-state index contributed by atoms with van der Waals surface area (Å²) in [6, 6.07) is 1.94. The number of rotatable bonds is 6. The molecule has 0 saturated heterocycles. The monoisotopic (exact) mass is 252 g/mol. The van der Waals surface area contributed by atoms with Gasteiger partial charge in [0.2, 0.25) is 5.91 Å². The standard InChI is InChI=1S/C13H24N4O/c1-9-8-10(2)17(16-9)7-5-6-15-13(18)11(3)12(4)14/h8,11-12H,5-7,14H2,1-4H3,(H,15,18). The van der Waals surface area contributed by atoms with Crippen molar-refractivity contribution in [2.75, 3.05) is 6.54 Å². The largest absolute Gasteiger partial charge is 0.356 e. The Kier molecular flexibility index (Phi) is 5.34. The summed E-state index contributed by atoms with van der Waals surface area (Å²) < 4.78 is 1.97. The van der Waals surface area contributed by atoms with Crippen molar-refractivity contribution >= 4 is 5.91 Å². The number of aryl methyl sites for hydroxylation is 3. The van der Waals surface area contributed by atoms with Gasteiger partial charge in [0.05, 0.1) is 5.69 Å². The normalized spacial score (nSPS) is 14.3. The molecule has 1 amide bonds. The Morgan fingerprint density at radius 3 is 2.67 bits per heavy atom. The van der Waals surface area contributed by atoms with E-state index in [2.05, 4.69) is 16.5 Å². The van der Waals surface area contributed by atoms with Crippen LogP contribution in [0.15, 0.2) is 6.07 Å². The zero-order valence-electron chi connectivity index (χ0n) is 11.7. The van der Waals surface area contributed by atoms with Crippen LogP contribution in [0.4, 0.5) is 0 Å². The van der Waals surface area contributed by atoms with E-state index in [1.54, 1.807) is 0 Å². The lowest BCUT2D eigenvalue weighted by molar-refractivity contribution is -0.124. The van der Waals surface area contributed by atoms with E-state index in [1.165, 1.54) is 0 Å². The number of nitrogens with zero attached hydrogens (tertiary/aromatic N) is 2. The van der Waals surface area contributed by atoms with Gasteiger partial charge in [0.15, 0.2) is 0 Å². The fraction of sp³-hybridized carbons (Fsp3) is 0.692. The lowest BCUT2D eigenvalue weighted by Crippen LogP contribution is -2.39. The minimum atomic E-state index is -0.140. The smallest absolute Gasteiger partial charge is 0.224 e. The molecule has 1 rings (SSSR count). The average Bonchev–Trinajstić information content (AvgIpc) is 2.62. The summed E-state index contributed by atoms with van der Waals surface area (Å²) in [5.74, 6) is -0.114. The van der Waals surface area contributed by atoms with Crippen LogP contribution < -0.4 is 11.1 Å². The SMILES string of the molecule is Cc1cc(C)n(CCCNC(=O)C(C)C(C)N)n1. The van der Waals surface area contributed by atoms with Gasteiger partial charge in [-0.3, -0.25) is 9.48 Å². The molecule has 0 radical (unpaired) electrons. The van der Waals surface area contributed by atoms with Crippen LogP contribution in [0, 0.1) is 19.8 Å². The van der Waals surface area contributed by atoms with Crippen molar-refractivity contribution in [3.63, 3.8) is 0 Å². The molecule has 0 aromatic carbocycles. The molecule has 2 unspecified atom stereocenters. The molecule has 5 nitrogen and oxygen atoms in total. The van der Waals surface area contributed by atoms with Crippen molar-refractivity contribution in [1.82, 2.24) is 15.1 Å². The van der Waals surface area contributed by atoms with Crippen molar-refractivity contribution in [3.8, 4) is 0 Å². The number of carbonyl (C=O) groups is 1. The second kappa shape index (κ2) is 6.54. The molecule has 102 valence electrons. The van der Waals surface area contributed by atoms with Crippen molar-refractivity contribution < 1.29 is 4.79 Å². The maximum absolute atomic E-state index is 11.7. The first-order valence-corrected chi connectivity index (χ1v) is 6.46. The molecule has 0 bridgehead atoms. The van der Waals surface area contributed by atoms with E-state index in [0.717, 1.165) is 24.4 Å². The summed E-state index contributed by atoms with van der Waals surface area (Å²) in [7, 11) is 0. The third kappa shape index (κ3) is 4.14. The van der Waals surface area contributed by atoms with Crippen molar-refractivity contribution in [2.24, 2.45) is 11.7 Å². The topological polar surface area (TPSA) is 72.9 Å². The molecule has 0 aliphatic carbocycles. The van der Waals surface area contributed by atoms with Crippen LogP contribution in [0.25, 0.3) is 0 Å². The zero-order valence-corrected chi connectivity index (χ0v) is 11.7. The number of aromatic nitrogens is 2. The van der Waals surface area contributed by atoms with Crippen LogP contribution in [-0.2, 0) is 11.3 Å².